The number of likely N-dealkylation sites (N-methyl/N-ethyl adjacent to an activating group) is 1. The van der Waals surface area contributed by atoms with Gasteiger partial charge in [-0.3, -0.25) is 4.79 Å². The summed E-state index contributed by atoms with van der Waals surface area (Å²) in [7, 11) is 1.87. The number of aromatic hydroxyl groups is 1. The molecule has 1 aliphatic heterocycles. The predicted molar refractivity (Wildman–Crippen MR) is 71.1 cm³/mol. The fourth-order valence-corrected chi connectivity index (χ4v) is 2.56. The van der Waals surface area contributed by atoms with Crippen LogP contribution >= 0.6 is 11.6 Å². The van der Waals surface area contributed by atoms with Gasteiger partial charge < -0.3 is 15.3 Å². The van der Waals surface area contributed by atoms with Crippen LogP contribution in [0.25, 0.3) is 0 Å². The Morgan fingerprint density at radius 2 is 2.39 bits per heavy atom. The number of carbonyl (C=O) groups excluding carboxylic acids is 1. The molecule has 2 N–H and O–H groups in total. The highest BCUT2D eigenvalue weighted by Gasteiger charge is 2.30. The molecule has 0 bridgehead atoms. The lowest BCUT2D eigenvalue weighted by Crippen LogP contribution is -2.40. The minimum Gasteiger partial charge on any atom is -0.507 e. The molecule has 0 aliphatic carbocycles. The van der Waals surface area contributed by atoms with Gasteiger partial charge in [-0.25, -0.2) is 0 Å². The second kappa shape index (κ2) is 5.59. The molecule has 1 aromatic rings. The van der Waals surface area contributed by atoms with E-state index < -0.39 is 0 Å². The van der Waals surface area contributed by atoms with E-state index in [2.05, 4.69) is 5.32 Å². The van der Waals surface area contributed by atoms with Gasteiger partial charge in [-0.2, -0.15) is 0 Å². The number of phenols is 1. The van der Waals surface area contributed by atoms with Crippen molar-refractivity contribution in [3.05, 3.63) is 28.8 Å². The average Bonchev–Trinajstić information content (AvgIpc) is 2.80. The molecule has 5 heteroatoms. The van der Waals surface area contributed by atoms with Crippen LogP contribution in [0, 0.1) is 0 Å². The molecule has 1 aliphatic rings. The molecule has 2 rings (SSSR count). The van der Waals surface area contributed by atoms with E-state index >= 15 is 0 Å². The summed E-state index contributed by atoms with van der Waals surface area (Å²) in [6.45, 7) is 1.50. The summed E-state index contributed by atoms with van der Waals surface area (Å²) in [5.41, 5.74) is 0.283. The van der Waals surface area contributed by atoms with Gasteiger partial charge >= 0.3 is 0 Å². The maximum atomic E-state index is 12.4. The first-order chi connectivity index (χ1) is 8.63. The van der Waals surface area contributed by atoms with Crippen molar-refractivity contribution in [2.75, 3.05) is 20.1 Å². The molecule has 1 fully saturated rings. The summed E-state index contributed by atoms with van der Waals surface area (Å²) < 4.78 is 0. The molecule has 4 nitrogen and oxygen atoms in total. The first-order valence-electron chi connectivity index (χ1n) is 6.07. The van der Waals surface area contributed by atoms with Crippen LogP contribution < -0.4 is 5.32 Å². The first-order valence-corrected chi connectivity index (χ1v) is 6.45. The summed E-state index contributed by atoms with van der Waals surface area (Å²) in [4.78, 5) is 14.2. The van der Waals surface area contributed by atoms with E-state index in [0.29, 0.717) is 5.02 Å². The standard InChI is InChI=1S/C13H17ClN2O2/c1-15-8-10-3-2-6-16(10)13(18)11-7-9(14)4-5-12(11)17/h4-5,7,10,15,17H,2-3,6,8H2,1H3. The molecule has 0 aromatic heterocycles. The Bertz CT molecular complexity index is 451. The van der Waals surface area contributed by atoms with Crippen molar-refractivity contribution >= 4 is 17.5 Å². The van der Waals surface area contributed by atoms with Crippen LogP contribution in [0.4, 0.5) is 0 Å². The zero-order chi connectivity index (χ0) is 13.1. The van der Waals surface area contributed by atoms with Gasteiger partial charge in [-0.15, -0.1) is 0 Å². The van der Waals surface area contributed by atoms with Gasteiger partial charge in [0.25, 0.3) is 5.91 Å². The predicted octanol–water partition coefficient (Wildman–Crippen LogP) is 1.87. The molecular formula is C13H17ClN2O2. The third kappa shape index (κ3) is 2.60. The third-order valence-corrected chi connectivity index (χ3v) is 3.50. The van der Waals surface area contributed by atoms with E-state index in [4.69, 9.17) is 11.6 Å². The SMILES string of the molecule is CNCC1CCCN1C(=O)c1cc(Cl)ccc1O. The molecule has 0 saturated carbocycles. The highest BCUT2D eigenvalue weighted by molar-refractivity contribution is 6.31. The second-order valence-electron chi connectivity index (χ2n) is 4.51. The Morgan fingerprint density at radius 1 is 1.61 bits per heavy atom. The van der Waals surface area contributed by atoms with Crippen molar-refractivity contribution < 1.29 is 9.90 Å². The summed E-state index contributed by atoms with van der Waals surface area (Å²) >= 11 is 5.87. The molecule has 1 heterocycles. The molecule has 0 spiro atoms. The highest BCUT2D eigenvalue weighted by atomic mass is 35.5. The van der Waals surface area contributed by atoms with E-state index in [1.165, 1.54) is 12.1 Å². The van der Waals surface area contributed by atoms with Crippen LogP contribution in [0.15, 0.2) is 18.2 Å². The first kappa shape index (κ1) is 13.2. The van der Waals surface area contributed by atoms with Gasteiger partial charge in [0.1, 0.15) is 5.75 Å². The maximum absolute atomic E-state index is 12.4. The van der Waals surface area contributed by atoms with E-state index in [1.807, 2.05) is 11.9 Å². The van der Waals surface area contributed by atoms with Crippen LogP contribution in [0.5, 0.6) is 5.75 Å². The fourth-order valence-electron chi connectivity index (χ4n) is 2.39. The highest BCUT2D eigenvalue weighted by Crippen LogP contribution is 2.26. The summed E-state index contributed by atoms with van der Waals surface area (Å²) in [5.74, 6) is -0.160. The fraction of sp³-hybridized carbons (Fsp3) is 0.462. The number of hydrogen-bond donors (Lipinski definition) is 2. The van der Waals surface area contributed by atoms with Crippen molar-refractivity contribution in [1.82, 2.24) is 10.2 Å². The number of hydrogen-bond acceptors (Lipinski definition) is 3. The van der Waals surface area contributed by atoms with Crippen LogP contribution in [-0.4, -0.2) is 42.1 Å². The molecule has 18 heavy (non-hydrogen) atoms. The normalized spacial score (nSPS) is 19.2. The zero-order valence-electron chi connectivity index (χ0n) is 10.3. The number of benzene rings is 1. The van der Waals surface area contributed by atoms with Crippen LogP contribution in [0.1, 0.15) is 23.2 Å². The van der Waals surface area contributed by atoms with Gasteiger partial charge in [0.05, 0.1) is 5.56 Å². The number of halogens is 1. The van der Waals surface area contributed by atoms with Crippen LogP contribution in [0.3, 0.4) is 0 Å². The van der Waals surface area contributed by atoms with Crippen molar-refractivity contribution in [3.8, 4) is 5.75 Å². The van der Waals surface area contributed by atoms with Gasteiger partial charge in [0.2, 0.25) is 0 Å². The van der Waals surface area contributed by atoms with Crippen molar-refractivity contribution in [1.29, 1.82) is 0 Å². The Balaban J connectivity index is 2.22. The van der Waals surface area contributed by atoms with E-state index in [-0.39, 0.29) is 23.3 Å². The summed E-state index contributed by atoms with van der Waals surface area (Å²) in [6, 6.07) is 4.75. The number of phenolic OH excluding ortho intramolecular Hbond substituents is 1. The van der Waals surface area contributed by atoms with Crippen molar-refractivity contribution in [3.63, 3.8) is 0 Å². The van der Waals surface area contributed by atoms with Crippen molar-refractivity contribution in [2.45, 2.75) is 18.9 Å². The number of nitrogens with one attached hydrogen (secondary N) is 1. The average molecular weight is 269 g/mol. The second-order valence-corrected chi connectivity index (χ2v) is 4.95. The Morgan fingerprint density at radius 3 is 3.11 bits per heavy atom. The number of rotatable bonds is 3. The molecular weight excluding hydrogens is 252 g/mol. The monoisotopic (exact) mass is 268 g/mol. The quantitative estimate of drug-likeness (QED) is 0.880. The maximum Gasteiger partial charge on any atom is 0.257 e. The summed E-state index contributed by atoms with van der Waals surface area (Å²) in [6.07, 6.45) is 1.99. The molecule has 1 amide bonds. The lowest BCUT2D eigenvalue weighted by atomic mass is 10.1. The molecule has 1 unspecified atom stereocenters. The largest absolute Gasteiger partial charge is 0.507 e. The number of carbonyl (C=O) groups is 1. The Labute approximate surface area is 112 Å². The third-order valence-electron chi connectivity index (χ3n) is 3.27. The minimum absolute atomic E-state index is 0.0143. The molecule has 1 saturated heterocycles. The number of nitrogens with zero attached hydrogens (tertiary/aromatic N) is 1. The number of likely N-dealkylation sites (tertiary alicyclic amines) is 1. The smallest absolute Gasteiger partial charge is 0.257 e. The Hall–Kier alpha value is -1.26. The lowest BCUT2D eigenvalue weighted by Gasteiger charge is -2.25. The van der Waals surface area contributed by atoms with Crippen LogP contribution in [-0.2, 0) is 0 Å². The van der Waals surface area contributed by atoms with Gasteiger partial charge in [0.15, 0.2) is 0 Å². The van der Waals surface area contributed by atoms with Gasteiger partial charge in [-0.05, 0) is 38.1 Å². The van der Waals surface area contributed by atoms with E-state index in [9.17, 15) is 9.90 Å². The molecule has 98 valence electrons. The van der Waals surface area contributed by atoms with Crippen LogP contribution in [0.2, 0.25) is 5.02 Å². The van der Waals surface area contributed by atoms with Gasteiger partial charge in [0, 0.05) is 24.2 Å². The van der Waals surface area contributed by atoms with Gasteiger partial charge in [-0.1, -0.05) is 11.6 Å². The van der Waals surface area contributed by atoms with E-state index in [1.54, 1.807) is 6.07 Å². The lowest BCUT2D eigenvalue weighted by molar-refractivity contribution is 0.0734. The molecule has 1 aromatic carbocycles. The van der Waals surface area contributed by atoms with E-state index in [0.717, 1.165) is 25.9 Å². The molecule has 1 atom stereocenters. The molecule has 0 radical (unpaired) electrons. The number of amides is 1. The topological polar surface area (TPSA) is 52.6 Å². The minimum atomic E-state index is -0.146. The zero-order valence-corrected chi connectivity index (χ0v) is 11.1. The Kier molecular flexibility index (Phi) is 4.09. The summed E-state index contributed by atoms with van der Waals surface area (Å²) in [5, 5.41) is 13.3. The van der Waals surface area contributed by atoms with Crippen molar-refractivity contribution in [2.24, 2.45) is 0 Å².